The smallest absolute Gasteiger partial charge is 0.321 e. The number of carbonyl (C=O) groups excluding carboxylic acids is 1. The summed E-state index contributed by atoms with van der Waals surface area (Å²) in [5.74, 6) is 0. The van der Waals surface area contributed by atoms with Gasteiger partial charge in [0, 0.05) is 37.5 Å². The number of carbonyl (C=O) groups is 1. The molecule has 0 aliphatic rings. The van der Waals surface area contributed by atoms with Gasteiger partial charge in [0.25, 0.3) is 0 Å². The van der Waals surface area contributed by atoms with Crippen LogP contribution in [-0.4, -0.2) is 49.5 Å². The number of aliphatic hydroxyl groups excluding tert-OH is 1. The topological polar surface area (TPSA) is 61.8 Å². The normalized spacial score (nSPS) is 10.3. The Morgan fingerprint density at radius 1 is 1.37 bits per heavy atom. The van der Waals surface area contributed by atoms with Crippen molar-refractivity contribution in [3.63, 3.8) is 0 Å². The van der Waals surface area contributed by atoms with Gasteiger partial charge in [-0.05, 0) is 30.7 Å². The number of rotatable bonds is 7. The Morgan fingerprint density at radius 3 is 2.63 bits per heavy atom. The fraction of sp³-hybridized carbons (Fsp3) is 0.462. The minimum Gasteiger partial charge on any atom is -0.395 e. The van der Waals surface area contributed by atoms with Gasteiger partial charge in [-0.2, -0.15) is 0 Å². The zero-order chi connectivity index (χ0) is 14.1. The lowest BCUT2D eigenvalue weighted by molar-refractivity contribution is 0.162. The summed E-state index contributed by atoms with van der Waals surface area (Å²) < 4.78 is 4.95. The summed E-state index contributed by atoms with van der Waals surface area (Å²) in [5.41, 5.74) is 0.670. The summed E-state index contributed by atoms with van der Waals surface area (Å²) in [4.78, 5) is 13.6. The first-order valence-corrected chi connectivity index (χ1v) is 6.46. The van der Waals surface area contributed by atoms with E-state index in [4.69, 9.17) is 21.4 Å². The summed E-state index contributed by atoms with van der Waals surface area (Å²) in [7, 11) is 1.62. The second-order valence-corrected chi connectivity index (χ2v) is 4.43. The molecule has 0 radical (unpaired) electrons. The molecule has 1 aromatic rings. The SMILES string of the molecule is COCCCN(CCO)C(=O)Nc1ccc(Cl)cc1. The molecule has 0 bridgehead atoms. The molecule has 0 fully saturated rings. The summed E-state index contributed by atoms with van der Waals surface area (Å²) in [6.45, 7) is 1.34. The number of anilines is 1. The number of nitrogens with one attached hydrogen (secondary N) is 1. The number of aliphatic hydroxyl groups is 1. The molecule has 0 heterocycles. The average molecular weight is 287 g/mol. The molecule has 0 aliphatic heterocycles. The molecule has 2 N–H and O–H groups in total. The molecule has 1 rings (SSSR count). The highest BCUT2D eigenvalue weighted by atomic mass is 35.5. The molecule has 0 aromatic heterocycles. The molecular weight excluding hydrogens is 268 g/mol. The van der Waals surface area contributed by atoms with Gasteiger partial charge < -0.3 is 20.1 Å². The summed E-state index contributed by atoms with van der Waals surface area (Å²) in [6, 6.07) is 6.63. The summed E-state index contributed by atoms with van der Waals surface area (Å²) in [5, 5.41) is 12.3. The van der Waals surface area contributed by atoms with Crippen LogP contribution in [0.25, 0.3) is 0 Å². The lowest BCUT2D eigenvalue weighted by Crippen LogP contribution is -2.38. The van der Waals surface area contributed by atoms with E-state index in [2.05, 4.69) is 5.32 Å². The van der Waals surface area contributed by atoms with Crippen molar-refractivity contribution in [2.24, 2.45) is 0 Å². The van der Waals surface area contributed by atoms with Crippen LogP contribution >= 0.6 is 11.6 Å². The third-order valence-corrected chi connectivity index (χ3v) is 2.78. The van der Waals surface area contributed by atoms with Gasteiger partial charge in [0.2, 0.25) is 0 Å². The van der Waals surface area contributed by atoms with Crippen molar-refractivity contribution in [1.82, 2.24) is 4.90 Å². The lowest BCUT2D eigenvalue weighted by Gasteiger charge is -2.22. The zero-order valence-electron chi connectivity index (χ0n) is 10.9. The van der Waals surface area contributed by atoms with Gasteiger partial charge in [0.05, 0.1) is 6.61 Å². The van der Waals surface area contributed by atoms with E-state index in [0.717, 1.165) is 6.42 Å². The molecule has 0 spiro atoms. The maximum atomic E-state index is 12.0. The summed E-state index contributed by atoms with van der Waals surface area (Å²) >= 11 is 5.77. The molecule has 0 saturated carbocycles. The quantitative estimate of drug-likeness (QED) is 0.756. The number of hydrogen-bond donors (Lipinski definition) is 2. The van der Waals surface area contributed by atoms with Gasteiger partial charge in [-0.25, -0.2) is 4.79 Å². The predicted molar refractivity (Wildman–Crippen MR) is 75.6 cm³/mol. The molecule has 106 valence electrons. The molecular formula is C13H19ClN2O3. The molecule has 0 saturated heterocycles. The first-order chi connectivity index (χ1) is 9.17. The molecule has 0 aliphatic carbocycles. The van der Waals surface area contributed by atoms with Crippen molar-refractivity contribution in [3.8, 4) is 0 Å². The maximum absolute atomic E-state index is 12.0. The van der Waals surface area contributed by atoms with Crippen molar-refractivity contribution >= 4 is 23.3 Å². The Balaban J connectivity index is 2.53. The van der Waals surface area contributed by atoms with E-state index in [0.29, 0.717) is 30.4 Å². The number of halogens is 1. The van der Waals surface area contributed by atoms with Crippen LogP contribution < -0.4 is 5.32 Å². The van der Waals surface area contributed by atoms with Crippen LogP contribution in [0.5, 0.6) is 0 Å². The van der Waals surface area contributed by atoms with Crippen molar-refractivity contribution < 1.29 is 14.6 Å². The van der Waals surface area contributed by atoms with E-state index in [9.17, 15) is 4.79 Å². The Morgan fingerprint density at radius 2 is 2.05 bits per heavy atom. The Labute approximate surface area is 118 Å². The molecule has 6 heteroatoms. The van der Waals surface area contributed by atoms with Gasteiger partial charge in [-0.3, -0.25) is 0 Å². The van der Waals surface area contributed by atoms with Gasteiger partial charge in [0.1, 0.15) is 0 Å². The fourth-order valence-electron chi connectivity index (χ4n) is 1.57. The number of nitrogens with zero attached hydrogens (tertiary/aromatic N) is 1. The second kappa shape index (κ2) is 8.74. The van der Waals surface area contributed by atoms with Crippen LogP contribution in [-0.2, 0) is 4.74 Å². The minimum atomic E-state index is -0.243. The number of urea groups is 1. The van der Waals surface area contributed by atoms with Crippen LogP contribution in [0.15, 0.2) is 24.3 Å². The molecule has 1 aromatic carbocycles. The Kier molecular flexibility index (Phi) is 7.25. The number of amides is 2. The number of methoxy groups -OCH3 is 1. The molecule has 5 nitrogen and oxygen atoms in total. The third-order valence-electron chi connectivity index (χ3n) is 2.53. The second-order valence-electron chi connectivity index (χ2n) is 3.99. The predicted octanol–water partition coefficient (Wildman–Crippen LogP) is 2.20. The van der Waals surface area contributed by atoms with E-state index in [-0.39, 0.29) is 12.6 Å². The third kappa shape index (κ3) is 5.92. The van der Waals surface area contributed by atoms with Crippen molar-refractivity contribution in [1.29, 1.82) is 0 Å². The zero-order valence-corrected chi connectivity index (χ0v) is 11.7. The van der Waals surface area contributed by atoms with Crippen LogP contribution in [0.3, 0.4) is 0 Å². The Hall–Kier alpha value is -1.30. The summed E-state index contributed by atoms with van der Waals surface area (Å²) in [6.07, 6.45) is 0.727. The highest BCUT2D eigenvalue weighted by molar-refractivity contribution is 6.30. The van der Waals surface area contributed by atoms with Gasteiger partial charge in [-0.1, -0.05) is 11.6 Å². The van der Waals surface area contributed by atoms with Crippen LogP contribution in [0.2, 0.25) is 5.02 Å². The molecule has 0 unspecified atom stereocenters. The maximum Gasteiger partial charge on any atom is 0.321 e. The minimum absolute atomic E-state index is 0.0684. The number of ether oxygens (including phenoxy) is 1. The highest BCUT2D eigenvalue weighted by Crippen LogP contribution is 2.13. The van der Waals surface area contributed by atoms with Gasteiger partial charge in [-0.15, -0.1) is 0 Å². The van der Waals surface area contributed by atoms with Crippen LogP contribution in [0, 0.1) is 0 Å². The standard InChI is InChI=1S/C13H19ClN2O3/c1-19-10-2-7-16(8-9-17)13(18)15-12-5-3-11(14)4-6-12/h3-6,17H,2,7-10H2,1H3,(H,15,18). The van der Waals surface area contributed by atoms with Crippen LogP contribution in [0.1, 0.15) is 6.42 Å². The highest BCUT2D eigenvalue weighted by Gasteiger charge is 2.12. The fourth-order valence-corrected chi connectivity index (χ4v) is 1.70. The Bertz CT molecular complexity index is 384. The average Bonchev–Trinajstić information content (AvgIpc) is 2.40. The number of hydrogen-bond acceptors (Lipinski definition) is 3. The number of benzene rings is 1. The van der Waals surface area contributed by atoms with Crippen molar-refractivity contribution in [2.75, 3.05) is 38.7 Å². The van der Waals surface area contributed by atoms with Gasteiger partial charge in [0.15, 0.2) is 0 Å². The van der Waals surface area contributed by atoms with E-state index < -0.39 is 0 Å². The molecule has 19 heavy (non-hydrogen) atoms. The van der Waals surface area contributed by atoms with E-state index >= 15 is 0 Å². The first-order valence-electron chi connectivity index (χ1n) is 6.08. The van der Waals surface area contributed by atoms with Gasteiger partial charge >= 0.3 is 6.03 Å². The van der Waals surface area contributed by atoms with E-state index in [1.807, 2.05) is 0 Å². The molecule has 0 atom stereocenters. The monoisotopic (exact) mass is 286 g/mol. The first kappa shape index (κ1) is 15.8. The molecule has 2 amide bonds. The van der Waals surface area contributed by atoms with Crippen LogP contribution in [0.4, 0.5) is 10.5 Å². The lowest BCUT2D eigenvalue weighted by atomic mass is 10.3. The van der Waals surface area contributed by atoms with Crippen molar-refractivity contribution in [2.45, 2.75) is 6.42 Å². The van der Waals surface area contributed by atoms with Crippen molar-refractivity contribution in [3.05, 3.63) is 29.3 Å². The van der Waals surface area contributed by atoms with E-state index in [1.165, 1.54) is 0 Å². The largest absolute Gasteiger partial charge is 0.395 e. The van der Waals surface area contributed by atoms with E-state index in [1.54, 1.807) is 36.3 Å².